The largest absolute Gasteiger partial charge is 0.481 e. The molecule has 1 aromatic heterocycles. The maximum atomic E-state index is 12.7. The predicted molar refractivity (Wildman–Crippen MR) is 100 cm³/mol. The van der Waals surface area contributed by atoms with Crippen molar-refractivity contribution in [3.63, 3.8) is 0 Å². The van der Waals surface area contributed by atoms with Crippen molar-refractivity contribution < 1.29 is 24.6 Å². The number of hydrogen-bond acceptors (Lipinski definition) is 5. The topological polar surface area (TPSA) is 134 Å². The second-order valence-electron chi connectivity index (χ2n) is 6.47. The number of carboxylic acids is 1. The van der Waals surface area contributed by atoms with Gasteiger partial charge in [0.1, 0.15) is 6.04 Å². The second kappa shape index (κ2) is 7.95. The first-order chi connectivity index (χ1) is 13.3. The molecule has 1 unspecified atom stereocenters. The summed E-state index contributed by atoms with van der Waals surface area (Å²) < 4.78 is 0. The monoisotopic (exact) mass is 403 g/mol. The molecule has 0 fully saturated rings. The normalized spacial score (nSPS) is 14.1. The molecule has 8 nitrogen and oxygen atoms in total. The van der Waals surface area contributed by atoms with Gasteiger partial charge in [0.25, 0.3) is 5.91 Å². The quantitative estimate of drug-likeness (QED) is 0.642. The number of aliphatic carboxylic acids is 1. The number of hydrogen-bond donors (Lipinski definition) is 3. The van der Waals surface area contributed by atoms with Crippen LogP contribution in [0.5, 0.6) is 0 Å². The summed E-state index contributed by atoms with van der Waals surface area (Å²) >= 11 is 5.97. The van der Waals surface area contributed by atoms with Gasteiger partial charge in [-0.3, -0.25) is 19.4 Å². The molecular weight excluding hydrogens is 386 g/mol. The van der Waals surface area contributed by atoms with Gasteiger partial charge in [-0.15, -0.1) is 0 Å². The highest BCUT2D eigenvalue weighted by Crippen LogP contribution is 2.31. The number of aromatic nitrogens is 1. The lowest BCUT2D eigenvalue weighted by Crippen LogP contribution is -2.45. The molecule has 2 heterocycles. The van der Waals surface area contributed by atoms with E-state index in [1.54, 1.807) is 24.3 Å². The average Bonchev–Trinajstić information content (AvgIpc) is 2.97. The van der Waals surface area contributed by atoms with Crippen LogP contribution in [0.2, 0.25) is 5.02 Å². The lowest BCUT2D eigenvalue weighted by Gasteiger charge is -2.24. The SMILES string of the molecule is NC(=O)C(CCC(=O)O)N1Cc2cc(-c3cc(CO)c(Cl)cn3)ccc2C1=O. The summed E-state index contributed by atoms with van der Waals surface area (Å²) in [6, 6.07) is 5.80. The molecule has 0 aliphatic carbocycles. The summed E-state index contributed by atoms with van der Waals surface area (Å²) in [4.78, 5) is 40.8. The number of pyridine rings is 1. The van der Waals surface area contributed by atoms with Crippen LogP contribution in [-0.4, -0.2) is 43.9 Å². The van der Waals surface area contributed by atoms with E-state index in [1.807, 2.05) is 0 Å². The number of halogens is 1. The Morgan fingerprint density at radius 1 is 1.32 bits per heavy atom. The van der Waals surface area contributed by atoms with E-state index in [4.69, 9.17) is 22.4 Å². The third kappa shape index (κ3) is 3.83. The van der Waals surface area contributed by atoms with Crippen LogP contribution in [0.15, 0.2) is 30.5 Å². The zero-order chi connectivity index (χ0) is 20.4. The van der Waals surface area contributed by atoms with Gasteiger partial charge < -0.3 is 20.8 Å². The van der Waals surface area contributed by atoms with Gasteiger partial charge in [-0.05, 0) is 35.7 Å². The molecule has 0 bridgehead atoms. The minimum Gasteiger partial charge on any atom is -0.481 e. The van der Waals surface area contributed by atoms with E-state index in [0.717, 1.165) is 5.56 Å². The molecule has 1 aliphatic heterocycles. The molecule has 28 heavy (non-hydrogen) atoms. The van der Waals surface area contributed by atoms with Gasteiger partial charge >= 0.3 is 5.97 Å². The van der Waals surface area contributed by atoms with Crippen LogP contribution in [0.4, 0.5) is 0 Å². The van der Waals surface area contributed by atoms with Crippen LogP contribution < -0.4 is 5.73 Å². The molecule has 1 aromatic carbocycles. The number of fused-ring (bicyclic) bond motifs is 1. The highest BCUT2D eigenvalue weighted by Gasteiger charge is 2.35. The van der Waals surface area contributed by atoms with Crippen LogP contribution in [-0.2, 0) is 22.7 Å². The summed E-state index contributed by atoms with van der Waals surface area (Å²) in [5.74, 6) is -2.17. The van der Waals surface area contributed by atoms with Crippen LogP contribution in [0.1, 0.15) is 34.3 Å². The lowest BCUT2D eigenvalue weighted by atomic mass is 10.0. The molecule has 0 saturated heterocycles. The van der Waals surface area contributed by atoms with E-state index >= 15 is 0 Å². The Bertz CT molecular complexity index is 963. The van der Waals surface area contributed by atoms with Crippen molar-refractivity contribution in [2.75, 3.05) is 0 Å². The van der Waals surface area contributed by atoms with E-state index in [0.29, 0.717) is 27.4 Å². The van der Waals surface area contributed by atoms with Gasteiger partial charge in [-0.25, -0.2) is 0 Å². The number of rotatable bonds is 7. The summed E-state index contributed by atoms with van der Waals surface area (Å²) in [5, 5.41) is 18.6. The fourth-order valence-corrected chi connectivity index (χ4v) is 3.39. The number of aliphatic hydroxyl groups excluding tert-OH is 1. The zero-order valence-electron chi connectivity index (χ0n) is 14.8. The number of aliphatic hydroxyl groups is 1. The first-order valence-electron chi connectivity index (χ1n) is 8.52. The van der Waals surface area contributed by atoms with Crippen LogP contribution in [0.3, 0.4) is 0 Å². The first-order valence-corrected chi connectivity index (χ1v) is 8.90. The van der Waals surface area contributed by atoms with Crippen LogP contribution in [0, 0.1) is 0 Å². The minimum atomic E-state index is -1.06. The maximum absolute atomic E-state index is 12.7. The van der Waals surface area contributed by atoms with Crippen LogP contribution in [0.25, 0.3) is 11.3 Å². The number of nitrogens with zero attached hydrogens (tertiary/aromatic N) is 2. The van der Waals surface area contributed by atoms with Crippen LogP contribution >= 0.6 is 11.6 Å². The number of benzene rings is 1. The standard InChI is InChI=1S/C19H18ClN3O5/c20-14-7-22-15(6-12(14)9-24)10-1-2-13-11(5-10)8-23(19(13)28)16(18(21)27)3-4-17(25)26/h1-2,5-7,16,24H,3-4,8-9H2,(H2,21,27)(H,25,26). The fraction of sp³-hybridized carbons (Fsp3) is 0.263. The van der Waals surface area contributed by atoms with Crippen molar-refractivity contribution in [1.82, 2.24) is 9.88 Å². The predicted octanol–water partition coefficient (Wildman–Crippen LogP) is 1.57. The lowest BCUT2D eigenvalue weighted by molar-refractivity contribution is -0.137. The van der Waals surface area contributed by atoms with Gasteiger partial charge in [-0.1, -0.05) is 17.7 Å². The number of amides is 2. The Hall–Kier alpha value is -2.97. The van der Waals surface area contributed by atoms with E-state index in [2.05, 4.69) is 4.98 Å². The smallest absolute Gasteiger partial charge is 0.303 e. The number of primary amides is 1. The number of nitrogens with two attached hydrogens (primary N) is 1. The van der Waals surface area contributed by atoms with Gasteiger partial charge in [0.15, 0.2) is 0 Å². The van der Waals surface area contributed by atoms with Crippen molar-refractivity contribution in [2.45, 2.75) is 32.0 Å². The highest BCUT2D eigenvalue weighted by molar-refractivity contribution is 6.31. The Kier molecular flexibility index (Phi) is 5.62. The van der Waals surface area contributed by atoms with E-state index in [9.17, 15) is 19.5 Å². The Labute approximate surface area is 165 Å². The van der Waals surface area contributed by atoms with Gasteiger partial charge in [0.05, 0.1) is 17.3 Å². The third-order valence-corrected chi connectivity index (χ3v) is 5.01. The minimum absolute atomic E-state index is 0.0458. The third-order valence-electron chi connectivity index (χ3n) is 4.67. The van der Waals surface area contributed by atoms with Gasteiger partial charge in [0, 0.05) is 30.3 Å². The Balaban J connectivity index is 1.89. The summed E-state index contributed by atoms with van der Waals surface area (Å²) in [7, 11) is 0. The summed E-state index contributed by atoms with van der Waals surface area (Å²) in [6.45, 7) is -0.0783. The van der Waals surface area contributed by atoms with Crippen molar-refractivity contribution in [3.05, 3.63) is 52.2 Å². The molecule has 2 aromatic rings. The first kappa shape index (κ1) is 19.8. The molecule has 3 rings (SSSR count). The van der Waals surface area contributed by atoms with E-state index < -0.39 is 17.9 Å². The molecule has 9 heteroatoms. The van der Waals surface area contributed by atoms with E-state index in [-0.39, 0.29) is 31.9 Å². The number of carbonyl (C=O) groups is 3. The number of carbonyl (C=O) groups excluding carboxylic acids is 2. The van der Waals surface area contributed by atoms with E-state index in [1.165, 1.54) is 11.1 Å². The Morgan fingerprint density at radius 3 is 2.71 bits per heavy atom. The second-order valence-corrected chi connectivity index (χ2v) is 6.88. The van der Waals surface area contributed by atoms with Crippen molar-refractivity contribution >= 4 is 29.4 Å². The molecule has 1 aliphatic rings. The van der Waals surface area contributed by atoms with Crippen molar-refractivity contribution in [2.24, 2.45) is 5.73 Å². The number of carboxylic acid groups (broad SMARTS) is 1. The molecule has 1 atom stereocenters. The molecule has 0 saturated carbocycles. The van der Waals surface area contributed by atoms with Crippen molar-refractivity contribution in [1.29, 1.82) is 0 Å². The van der Waals surface area contributed by atoms with Crippen molar-refractivity contribution in [3.8, 4) is 11.3 Å². The summed E-state index contributed by atoms with van der Waals surface area (Å²) in [5.41, 5.74) is 8.35. The molecular formula is C19H18ClN3O5. The fourth-order valence-electron chi connectivity index (χ4n) is 3.23. The van der Waals surface area contributed by atoms with Gasteiger partial charge in [-0.2, -0.15) is 0 Å². The summed E-state index contributed by atoms with van der Waals surface area (Å²) in [6.07, 6.45) is 1.13. The molecule has 146 valence electrons. The van der Waals surface area contributed by atoms with Gasteiger partial charge in [0.2, 0.25) is 5.91 Å². The molecule has 2 amide bonds. The zero-order valence-corrected chi connectivity index (χ0v) is 15.5. The maximum Gasteiger partial charge on any atom is 0.303 e. The molecule has 0 radical (unpaired) electrons. The molecule has 0 spiro atoms. The molecule has 4 N–H and O–H groups in total. The average molecular weight is 404 g/mol. The highest BCUT2D eigenvalue weighted by atomic mass is 35.5. The Morgan fingerprint density at radius 2 is 2.07 bits per heavy atom.